The maximum Gasteiger partial charge on any atom is 0.0699 e. The second-order valence-electron chi connectivity index (χ2n) is 5.19. The first kappa shape index (κ1) is 17.9. The van der Waals surface area contributed by atoms with Gasteiger partial charge in [-0.05, 0) is 61.1 Å². The third kappa shape index (κ3) is 5.25. The topological polar surface area (TPSA) is 33.1 Å². The number of rotatable bonds is 3. The van der Waals surface area contributed by atoms with Crippen molar-refractivity contribution in [2.45, 2.75) is 47.1 Å². The van der Waals surface area contributed by atoms with Gasteiger partial charge in [0.2, 0.25) is 0 Å². The molecule has 0 aliphatic carbocycles. The van der Waals surface area contributed by atoms with E-state index in [9.17, 15) is 0 Å². The third-order valence-electron chi connectivity index (χ3n) is 3.54. The van der Waals surface area contributed by atoms with E-state index in [1.165, 1.54) is 26.7 Å². The number of hydrogen-bond donors (Lipinski definition) is 1. The Bertz CT molecular complexity index is 554. The van der Waals surface area contributed by atoms with Crippen molar-refractivity contribution in [1.82, 2.24) is 4.98 Å². The molecule has 0 atom stereocenters. The fraction of sp³-hybridized carbons (Fsp3) is 0.389. The molecule has 0 aliphatic heterocycles. The summed E-state index contributed by atoms with van der Waals surface area (Å²) in [6.45, 7) is 8.59. The minimum absolute atomic E-state index is 0.100. The van der Waals surface area contributed by atoms with Crippen LogP contribution in [0.5, 0.6) is 0 Å². The zero-order chi connectivity index (χ0) is 15.8. The summed E-state index contributed by atoms with van der Waals surface area (Å²) in [5.41, 5.74) is 6.17. The van der Waals surface area contributed by atoms with Crippen LogP contribution in [0, 0.1) is 20.8 Å². The Morgan fingerprint density at radius 1 is 1.05 bits per heavy atom. The molecule has 2 nitrogen and oxygen atoms in total. The van der Waals surface area contributed by atoms with E-state index in [0.717, 1.165) is 18.4 Å². The summed E-state index contributed by atoms with van der Waals surface area (Å²) in [6.07, 6.45) is 5.63. The summed E-state index contributed by atoms with van der Waals surface area (Å²) in [5.74, 6) is 0. The van der Waals surface area contributed by atoms with E-state index in [1.807, 2.05) is 6.07 Å². The van der Waals surface area contributed by atoms with E-state index >= 15 is 0 Å². The number of aromatic nitrogens is 1. The molecule has 0 radical (unpaired) electrons. The van der Waals surface area contributed by atoms with Gasteiger partial charge in [-0.2, -0.15) is 0 Å². The Labute approximate surface area is 136 Å². The maximum atomic E-state index is 8.91. The molecule has 2 aromatic rings. The van der Waals surface area contributed by atoms with E-state index in [2.05, 4.69) is 60.7 Å². The normalized spacial score (nSPS) is 10.0. The van der Waals surface area contributed by atoms with Gasteiger partial charge in [-0.25, -0.2) is 0 Å². The lowest BCUT2D eigenvalue weighted by Crippen LogP contribution is -1.93. The molecule has 21 heavy (non-hydrogen) atoms. The quantitative estimate of drug-likeness (QED) is 0.854. The molecule has 0 fully saturated rings. The highest BCUT2D eigenvalue weighted by Gasteiger charge is 1.99. The molecule has 1 N–H and O–H groups in total. The van der Waals surface area contributed by atoms with E-state index < -0.39 is 0 Å². The molecule has 3 heteroatoms. The van der Waals surface area contributed by atoms with Crippen molar-refractivity contribution in [3.63, 3.8) is 0 Å². The van der Waals surface area contributed by atoms with Crippen LogP contribution in [0.15, 0.2) is 35.1 Å². The second kappa shape index (κ2) is 8.96. The summed E-state index contributed by atoms with van der Waals surface area (Å²) in [4.78, 5) is 3.94. The van der Waals surface area contributed by atoms with Crippen molar-refractivity contribution in [2.24, 2.45) is 0 Å². The first-order chi connectivity index (χ1) is 10.0. The number of halogens is 1. The summed E-state index contributed by atoms with van der Waals surface area (Å²) >= 11 is 3.53. The van der Waals surface area contributed by atoms with Gasteiger partial charge in [0, 0.05) is 16.9 Å². The number of pyridine rings is 1. The number of benzene rings is 1. The third-order valence-corrected chi connectivity index (χ3v) is 4.76. The van der Waals surface area contributed by atoms with Gasteiger partial charge in [0.25, 0.3) is 0 Å². The highest BCUT2D eigenvalue weighted by Crippen LogP contribution is 2.22. The first-order valence-corrected chi connectivity index (χ1v) is 8.05. The number of nitrogens with zero attached hydrogens (tertiary/aromatic N) is 1. The average molecular weight is 350 g/mol. The van der Waals surface area contributed by atoms with Crippen molar-refractivity contribution in [2.75, 3.05) is 0 Å². The molecule has 0 bridgehead atoms. The van der Waals surface area contributed by atoms with Crippen LogP contribution in [0.2, 0.25) is 0 Å². The Balaban J connectivity index is 0.000000211. The molecular weight excluding hydrogens is 326 g/mol. The van der Waals surface area contributed by atoms with Crippen LogP contribution >= 0.6 is 15.9 Å². The molecule has 0 unspecified atom stereocenters. The van der Waals surface area contributed by atoms with Gasteiger partial charge in [-0.3, -0.25) is 4.98 Å². The van der Waals surface area contributed by atoms with E-state index in [4.69, 9.17) is 5.11 Å². The van der Waals surface area contributed by atoms with Gasteiger partial charge in [0.1, 0.15) is 0 Å². The summed E-state index contributed by atoms with van der Waals surface area (Å²) < 4.78 is 1.24. The van der Waals surface area contributed by atoms with Crippen molar-refractivity contribution in [3.8, 4) is 0 Å². The van der Waals surface area contributed by atoms with Crippen LogP contribution in [-0.2, 0) is 13.0 Å². The molecule has 0 saturated carbocycles. The lowest BCUT2D eigenvalue weighted by Gasteiger charge is -2.04. The molecular formula is C18H24BrNO. The van der Waals surface area contributed by atoms with Crippen molar-refractivity contribution >= 4 is 15.9 Å². The monoisotopic (exact) mass is 349 g/mol. The van der Waals surface area contributed by atoms with Crippen molar-refractivity contribution in [1.29, 1.82) is 0 Å². The smallest absolute Gasteiger partial charge is 0.0699 e. The van der Waals surface area contributed by atoms with Crippen LogP contribution in [0.3, 0.4) is 0 Å². The standard InChI is InChI=1S/C9H11Br.C9H13NO/c1-6-4-5-7(2)9(10)8(6)3;1-2-3-8-4-5-10-6-9(8)7-11/h4-5H,1-3H3;4-6,11H,2-3,7H2,1H3. The van der Waals surface area contributed by atoms with E-state index in [-0.39, 0.29) is 6.61 Å². The van der Waals surface area contributed by atoms with Gasteiger partial charge in [-0.15, -0.1) is 0 Å². The van der Waals surface area contributed by atoms with E-state index in [0.29, 0.717) is 0 Å². The summed E-state index contributed by atoms with van der Waals surface area (Å²) in [5, 5.41) is 8.91. The van der Waals surface area contributed by atoms with Crippen LogP contribution in [0.4, 0.5) is 0 Å². The SMILES string of the molecule is CCCc1ccncc1CO.Cc1ccc(C)c(Br)c1C. The Hall–Kier alpha value is -1.19. The lowest BCUT2D eigenvalue weighted by atomic mass is 10.1. The highest BCUT2D eigenvalue weighted by atomic mass is 79.9. The molecule has 0 saturated heterocycles. The molecule has 2 rings (SSSR count). The van der Waals surface area contributed by atoms with Gasteiger partial charge < -0.3 is 5.11 Å². The fourth-order valence-electron chi connectivity index (χ4n) is 2.03. The largest absolute Gasteiger partial charge is 0.392 e. The summed E-state index contributed by atoms with van der Waals surface area (Å²) in [7, 11) is 0. The molecule has 114 valence electrons. The first-order valence-electron chi connectivity index (χ1n) is 7.26. The summed E-state index contributed by atoms with van der Waals surface area (Å²) in [6, 6.07) is 6.25. The molecule has 1 aromatic carbocycles. The minimum atomic E-state index is 0.100. The van der Waals surface area contributed by atoms with Crippen LogP contribution in [0.1, 0.15) is 41.2 Å². The maximum absolute atomic E-state index is 8.91. The number of hydrogen-bond acceptors (Lipinski definition) is 2. The Morgan fingerprint density at radius 3 is 2.29 bits per heavy atom. The van der Waals surface area contributed by atoms with Gasteiger partial charge in [-0.1, -0.05) is 41.4 Å². The van der Waals surface area contributed by atoms with Gasteiger partial charge >= 0.3 is 0 Å². The molecule has 1 heterocycles. The van der Waals surface area contributed by atoms with E-state index in [1.54, 1.807) is 12.4 Å². The Morgan fingerprint density at radius 2 is 1.71 bits per heavy atom. The fourth-order valence-corrected chi connectivity index (χ4v) is 2.47. The lowest BCUT2D eigenvalue weighted by molar-refractivity contribution is 0.280. The molecule has 0 amide bonds. The molecule has 1 aromatic heterocycles. The van der Waals surface area contributed by atoms with Crippen LogP contribution < -0.4 is 0 Å². The van der Waals surface area contributed by atoms with Crippen LogP contribution in [0.25, 0.3) is 0 Å². The second-order valence-corrected chi connectivity index (χ2v) is 5.98. The zero-order valence-electron chi connectivity index (χ0n) is 13.3. The Kier molecular flexibility index (Phi) is 7.62. The van der Waals surface area contributed by atoms with Gasteiger partial charge in [0.05, 0.1) is 6.61 Å². The molecule has 0 aliphatic rings. The predicted molar refractivity (Wildman–Crippen MR) is 92.5 cm³/mol. The van der Waals surface area contributed by atoms with Crippen molar-refractivity contribution in [3.05, 3.63) is 62.9 Å². The average Bonchev–Trinajstić information content (AvgIpc) is 2.51. The highest BCUT2D eigenvalue weighted by molar-refractivity contribution is 9.10. The molecule has 0 spiro atoms. The number of aryl methyl sites for hydroxylation is 3. The number of aliphatic hydroxyl groups excluding tert-OH is 1. The number of aliphatic hydroxyl groups is 1. The van der Waals surface area contributed by atoms with Crippen LogP contribution in [-0.4, -0.2) is 10.1 Å². The van der Waals surface area contributed by atoms with Gasteiger partial charge in [0.15, 0.2) is 0 Å². The minimum Gasteiger partial charge on any atom is -0.392 e. The predicted octanol–water partition coefficient (Wildman–Crippen LogP) is 4.90. The van der Waals surface area contributed by atoms with Crippen molar-refractivity contribution < 1.29 is 5.11 Å². The zero-order valence-corrected chi connectivity index (χ0v) is 14.9.